The third-order valence-electron chi connectivity index (χ3n) is 4.58. The summed E-state index contributed by atoms with van der Waals surface area (Å²) in [6, 6.07) is 5.82. The Morgan fingerprint density at radius 2 is 2.00 bits per heavy atom. The lowest BCUT2D eigenvalue weighted by atomic mass is 9.99. The summed E-state index contributed by atoms with van der Waals surface area (Å²) >= 11 is 1.91. The molecule has 6 nitrogen and oxygen atoms in total. The zero-order chi connectivity index (χ0) is 18.1. The normalized spacial score (nSPS) is 17.0. The Labute approximate surface area is 154 Å². The summed E-state index contributed by atoms with van der Waals surface area (Å²) in [6.07, 6.45) is 4.29. The number of methoxy groups -OCH3 is 2. The van der Waals surface area contributed by atoms with Gasteiger partial charge in [-0.3, -0.25) is 4.99 Å². The summed E-state index contributed by atoms with van der Waals surface area (Å²) in [6.45, 7) is 3.16. The van der Waals surface area contributed by atoms with Gasteiger partial charge in [-0.2, -0.15) is 11.8 Å². The van der Waals surface area contributed by atoms with Gasteiger partial charge in [0.2, 0.25) is 0 Å². The molecule has 0 unspecified atom stereocenters. The van der Waals surface area contributed by atoms with Gasteiger partial charge >= 0.3 is 0 Å². The molecule has 2 rings (SSSR count). The van der Waals surface area contributed by atoms with Gasteiger partial charge in [-0.1, -0.05) is 0 Å². The van der Waals surface area contributed by atoms with Gasteiger partial charge < -0.3 is 24.8 Å². The highest BCUT2D eigenvalue weighted by Crippen LogP contribution is 2.33. The molecule has 0 bridgehead atoms. The molecule has 0 atom stereocenters. The van der Waals surface area contributed by atoms with E-state index in [2.05, 4.69) is 21.9 Å². The average molecular weight is 368 g/mol. The fourth-order valence-electron chi connectivity index (χ4n) is 2.84. The zero-order valence-electron chi connectivity index (χ0n) is 15.6. The molecule has 1 saturated heterocycles. The number of guanidine groups is 1. The molecular formula is C18H29N3O3S. The van der Waals surface area contributed by atoms with Gasteiger partial charge in [0.05, 0.1) is 14.2 Å². The van der Waals surface area contributed by atoms with Crippen LogP contribution in [0.3, 0.4) is 0 Å². The van der Waals surface area contributed by atoms with E-state index in [1.165, 1.54) is 0 Å². The molecule has 1 aliphatic heterocycles. The van der Waals surface area contributed by atoms with Gasteiger partial charge in [0.1, 0.15) is 11.5 Å². The Morgan fingerprint density at radius 1 is 1.24 bits per heavy atom. The van der Waals surface area contributed by atoms with Crippen LogP contribution < -0.4 is 20.1 Å². The molecule has 1 fully saturated rings. The van der Waals surface area contributed by atoms with Crippen molar-refractivity contribution in [2.24, 2.45) is 4.99 Å². The summed E-state index contributed by atoms with van der Waals surface area (Å²) in [5.41, 5.74) is 1.05. The lowest BCUT2D eigenvalue weighted by Gasteiger charge is -2.36. The number of hydrogen-bond acceptors (Lipinski definition) is 5. The van der Waals surface area contributed by atoms with Crippen LogP contribution in [0.4, 0.5) is 0 Å². The van der Waals surface area contributed by atoms with E-state index >= 15 is 0 Å². The van der Waals surface area contributed by atoms with E-state index in [1.807, 2.05) is 30.0 Å². The van der Waals surface area contributed by atoms with E-state index in [0.29, 0.717) is 6.54 Å². The lowest BCUT2D eigenvalue weighted by molar-refractivity contribution is 0.0783. The van der Waals surface area contributed by atoms with E-state index in [9.17, 15) is 0 Å². The molecule has 2 N–H and O–H groups in total. The van der Waals surface area contributed by atoms with E-state index < -0.39 is 0 Å². The first-order valence-electron chi connectivity index (χ1n) is 8.44. The van der Waals surface area contributed by atoms with Gasteiger partial charge in [-0.05, 0) is 31.2 Å². The first kappa shape index (κ1) is 19.7. The van der Waals surface area contributed by atoms with Gasteiger partial charge in [0.15, 0.2) is 5.96 Å². The van der Waals surface area contributed by atoms with Crippen molar-refractivity contribution in [3.63, 3.8) is 0 Å². The standard InChI is InChI=1S/C18H29N3O3S/c1-19-17(21-13-18(25-4)7-9-24-10-8-18)20-12-14-5-6-15(22-2)11-16(14)23-3/h5-6,11H,7-10,12-13H2,1-4H3,(H2,19,20,21). The maximum atomic E-state index is 5.50. The molecular weight excluding hydrogens is 338 g/mol. The van der Waals surface area contributed by atoms with Crippen molar-refractivity contribution in [1.29, 1.82) is 0 Å². The largest absolute Gasteiger partial charge is 0.497 e. The second kappa shape index (κ2) is 9.77. The summed E-state index contributed by atoms with van der Waals surface area (Å²) in [4.78, 5) is 4.33. The molecule has 0 amide bonds. The highest BCUT2D eigenvalue weighted by atomic mass is 32.2. The number of nitrogens with zero attached hydrogens (tertiary/aromatic N) is 1. The van der Waals surface area contributed by atoms with Crippen LogP contribution in [0, 0.1) is 0 Å². The summed E-state index contributed by atoms with van der Waals surface area (Å²) < 4.78 is 16.4. The molecule has 1 aromatic rings. The van der Waals surface area contributed by atoms with Gasteiger partial charge in [0, 0.05) is 49.7 Å². The van der Waals surface area contributed by atoms with Crippen molar-refractivity contribution < 1.29 is 14.2 Å². The van der Waals surface area contributed by atoms with Crippen molar-refractivity contribution in [2.75, 3.05) is 47.3 Å². The van der Waals surface area contributed by atoms with Crippen LogP contribution in [0.15, 0.2) is 23.2 Å². The third kappa shape index (κ3) is 5.44. The fourth-order valence-corrected chi connectivity index (χ4v) is 3.63. The first-order valence-corrected chi connectivity index (χ1v) is 9.67. The maximum Gasteiger partial charge on any atom is 0.191 e. The van der Waals surface area contributed by atoms with Crippen LogP contribution in [0.2, 0.25) is 0 Å². The van der Waals surface area contributed by atoms with Gasteiger partial charge in [0.25, 0.3) is 0 Å². The maximum absolute atomic E-state index is 5.50. The molecule has 1 heterocycles. The van der Waals surface area contributed by atoms with Crippen LogP contribution in [0.5, 0.6) is 11.5 Å². The predicted molar refractivity (Wildman–Crippen MR) is 104 cm³/mol. The minimum absolute atomic E-state index is 0.216. The predicted octanol–water partition coefficient (Wildman–Crippen LogP) is 2.28. The quantitative estimate of drug-likeness (QED) is 0.569. The summed E-state index contributed by atoms with van der Waals surface area (Å²) in [7, 11) is 5.10. The molecule has 7 heteroatoms. The molecule has 140 valence electrons. The second-order valence-corrected chi connectivity index (χ2v) is 7.23. The molecule has 0 saturated carbocycles. The van der Waals surface area contributed by atoms with Crippen molar-refractivity contribution >= 4 is 17.7 Å². The number of thioether (sulfide) groups is 1. The number of rotatable bonds is 7. The van der Waals surface area contributed by atoms with Gasteiger partial charge in [-0.25, -0.2) is 0 Å². The van der Waals surface area contributed by atoms with E-state index in [-0.39, 0.29) is 4.75 Å². The number of nitrogens with one attached hydrogen (secondary N) is 2. The molecule has 1 aromatic carbocycles. The number of hydrogen-bond donors (Lipinski definition) is 2. The van der Waals surface area contributed by atoms with E-state index in [4.69, 9.17) is 14.2 Å². The van der Waals surface area contributed by atoms with E-state index in [0.717, 1.165) is 55.6 Å². The molecule has 25 heavy (non-hydrogen) atoms. The molecule has 0 radical (unpaired) electrons. The summed E-state index contributed by atoms with van der Waals surface area (Å²) in [5, 5.41) is 6.81. The number of benzene rings is 1. The molecule has 0 aromatic heterocycles. The number of aliphatic imine (C=N–C) groups is 1. The van der Waals surface area contributed by atoms with Crippen molar-refractivity contribution in [1.82, 2.24) is 10.6 Å². The van der Waals surface area contributed by atoms with Crippen molar-refractivity contribution in [3.05, 3.63) is 23.8 Å². The lowest BCUT2D eigenvalue weighted by Crippen LogP contribution is -2.47. The Balaban J connectivity index is 1.92. The zero-order valence-corrected chi connectivity index (χ0v) is 16.4. The molecule has 0 aliphatic carbocycles. The summed E-state index contributed by atoms with van der Waals surface area (Å²) in [5.74, 6) is 2.37. The van der Waals surface area contributed by atoms with Crippen LogP contribution in [0.25, 0.3) is 0 Å². The van der Waals surface area contributed by atoms with Crippen molar-refractivity contribution in [2.45, 2.75) is 24.1 Å². The van der Waals surface area contributed by atoms with Crippen LogP contribution in [-0.2, 0) is 11.3 Å². The Bertz CT molecular complexity index is 575. The highest BCUT2D eigenvalue weighted by molar-refractivity contribution is 8.00. The van der Waals surface area contributed by atoms with Crippen LogP contribution in [0.1, 0.15) is 18.4 Å². The molecule has 0 spiro atoms. The average Bonchev–Trinajstić information content (AvgIpc) is 2.68. The smallest absolute Gasteiger partial charge is 0.191 e. The van der Waals surface area contributed by atoms with Crippen molar-refractivity contribution in [3.8, 4) is 11.5 Å². The van der Waals surface area contributed by atoms with Crippen LogP contribution >= 0.6 is 11.8 Å². The minimum Gasteiger partial charge on any atom is -0.497 e. The van der Waals surface area contributed by atoms with Gasteiger partial charge in [-0.15, -0.1) is 0 Å². The topological polar surface area (TPSA) is 64.1 Å². The SMILES string of the molecule is CN=C(NCc1ccc(OC)cc1OC)NCC1(SC)CCOCC1. The monoisotopic (exact) mass is 367 g/mol. The van der Waals surface area contributed by atoms with Crippen LogP contribution in [-0.4, -0.2) is 58.0 Å². The second-order valence-electron chi connectivity index (χ2n) is 5.96. The Hall–Kier alpha value is -1.60. The Morgan fingerprint density at radius 3 is 2.60 bits per heavy atom. The first-order chi connectivity index (χ1) is 12.2. The highest BCUT2D eigenvalue weighted by Gasteiger charge is 2.31. The van der Waals surface area contributed by atoms with E-state index in [1.54, 1.807) is 21.3 Å². The molecule has 1 aliphatic rings. The Kier molecular flexibility index (Phi) is 7.71. The number of ether oxygens (including phenoxy) is 3. The minimum atomic E-state index is 0.216. The third-order valence-corrected chi connectivity index (χ3v) is 6.00. The fraction of sp³-hybridized carbons (Fsp3) is 0.611.